The average Bonchev–Trinajstić information content (AvgIpc) is 2.82. The Morgan fingerprint density at radius 1 is 1.53 bits per heavy atom. The van der Waals surface area contributed by atoms with Crippen LogP contribution in [0.2, 0.25) is 0 Å². The number of hydrogen-bond donors (Lipinski definition) is 1. The van der Waals surface area contributed by atoms with Crippen LogP contribution in [-0.2, 0) is 6.42 Å². The van der Waals surface area contributed by atoms with Crippen LogP contribution in [0.3, 0.4) is 0 Å². The lowest BCUT2D eigenvalue weighted by molar-refractivity contribution is 0.0695. The zero-order valence-electron chi connectivity index (χ0n) is 10.4. The van der Waals surface area contributed by atoms with Crippen molar-refractivity contribution in [2.24, 2.45) is 0 Å². The number of nitrogens with zero attached hydrogens (tertiary/aromatic N) is 1. The fourth-order valence-electron chi connectivity index (χ4n) is 1.80. The van der Waals surface area contributed by atoms with Crippen LogP contribution in [0.25, 0.3) is 11.3 Å². The first-order valence-corrected chi connectivity index (χ1v) is 6.43. The number of methoxy groups -OCH3 is 1. The smallest absolute Gasteiger partial charge is 0.341 e. The maximum atomic E-state index is 11.3. The SMILES string of the molecule is CCc1onc(-c2ccc(OC)c(Br)c2)c1C(=O)O. The molecule has 2 aromatic rings. The van der Waals surface area contributed by atoms with Gasteiger partial charge in [0.25, 0.3) is 0 Å². The molecule has 0 amide bonds. The van der Waals surface area contributed by atoms with Crippen LogP contribution < -0.4 is 4.74 Å². The molecule has 1 aromatic carbocycles. The van der Waals surface area contributed by atoms with Crippen LogP contribution in [0, 0.1) is 0 Å². The third-order valence-electron chi connectivity index (χ3n) is 2.72. The first kappa shape index (κ1) is 13.6. The third-order valence-corrected chi connectivity index (χ3v) is 3.34. The average molecular weight is 326 g/mol. The molecule has 0 spiro atoms. The van der Waals surface area contributed by atoms with Crippen molar-refractivity contribution < 1.29 is 19.2 Å². The Morgan fingerprint density at radius 3 is 2.79 bits per heavy atom. The lowest BCUT2D eigenvalue weighted by Gasteiger charge is -2.05. The number of carboxylic acids is 1. The molecule has 0 saturated carbocycles. The van der Waals surface area contributed by atoms with Gasteiger partial charge in [0.2, 0.25) is 0 Å². The normalized spacial score (nSPS) is 10.5. The van der Waals surface area contributed by atoms with Crippen LogP contribution >= 0.6 is 15.9 Å². The summed E-state index contributed by atoms with van der Waals surface area (Å²) >= 11 is 3.36. The van der Waals surface area contributed by atoms with Crippen molar-refractivity contribution in [3.63, 3.8) is 0 Å². The van der Waals surface area contributed by atoms with Crippen molar-refractivity contribution >= 4 is 21.9 Å². The topological polar surface area (TPSA) is 72.6 Å². The zero-order valence-corrected chi connectivity index (χ0v) is 12.0. The molecule has 1 N–H and O–H groups in total. The van der Waals surface area contributed by atoms with Crippen LogP contribution in [0.4, 0.5) is 0 Å². The first-order valence-electron chi connectivity index (χ1n) is 5.64. The molecule has 0 aliphatic rings. The number of aromatic nitrogens is 1. The Kier molecular flexibility index (Phi) is 3.90. The van der Waals surface area contributed by atoms with Crippen molar-refractivity contribution in [1.82, 2.24) is 5.16 Å². The largest absolute Gasteiger partial charge is 0.496 e. The molecule has 0 fully saturated rings. The van der Waals surface area contributed by atoms with Gasteiger partial charge in [-0.25, -0.2) is 4.79 Å². The van der Waals surface area contributed by atoms with Crippen LogP contribution in [-0.4, -0.2) is 23.3 Å². The second-order valence-corrected chi connectivity index (χ2v) is 4.69. The molecule has 0 unspecified atom stereocenters. The molecule has 0 aliphatic heterocycles. The van der Waals surface area contributed by atoms with E-state index in [0.717, 1.165) is 4.47 Å². The minimum absolute atomic E-state index is 0.111. The molecule has 1 heterocycles. The Morgan fingerprint density at radius 2 is 2.26 bits per heavy atom. The van der Waals surface area contributed by atoms with E-state index in [1.807, 2.05) is 6.92 Å². The van der Waals surface area contributed by atoms with Gasteiger partial charge in [-0.3, -0.25) is 0 Å². The van der Waals surface area contributed by atoms with Crippen molar-refractivity contribution in [1.29, 1.82) is 0 Å². The summed E-state index contributed by atoms with van der Waals surface area (Å²) in [6.45, 7) is 1.82. The van der Waals surface area contributed by atoms with Crippen LogP contribution in [0.5, 0.6) is 5.75 Å². The quantitative estimate of drug-likeness (QED) is 0.932. The van der Waals surface area contributed by atoms with Crippen molar-refractivity contribution in [2.45, 2.75) is 13.3 Å². The molecule has 100 valence electrons. The molecule has 0 atom stereocenters. The standard InChI is InChI=1S/C13H12BrNO4/c1-3-9-11(13(16)17)12(15-19-9)7-4-5-10(18-2)8(14)6-7/h4-6H,3H2,1-2H3,(H,16,17). The third kappa shape index (κ3) is 2.49. The fraction of sp³-hybridized carbons (Fsp3) is 0.231. The van der Waals surface area contributed by atoms with E-state index in [1.54, 1.807) is 25.3 Å². The molecule has 0 bridgehead atoms. The van der Waals surface area contributed by atoms with Gasteiger partial charge in [0.15, 0.2) is 5.76 Å². The maximum Gasteiger partial charge on any atom is 0.341 e. The molecule has 19 heavy (non-hydrogen) atoms. The monoisotopic (exact) mass is 325 g/mol. The summed E-state index contributed by atoms with van der Waals surface area (Å²) < 4.78 is 10.9. The number of carbonyl (C=O) groups is 1. The van der Waals surface area contributed by atoms with Gasteiger partial charge in [-0.2, -0.15) is 0 Å². The van der Waals surface area contributed by atoms with Gasteiger partial charge in [-0.15, -0.1) is 0 Å². The van der Waals surface area contributed by atoms with E-state index >= 15 is 0 Å². The number of benzene rings is 1. The maximum absolute atomic E-state index is 11.3. The summed E-state index contributed by atoms with van der Waals surface area (Å²) in [5.41, 5.74) is 1.10. The number of halogens is 1. The molecule has 0 radical (unpaired) electrons. The Bertz CT molecular complexity index is 621. The molecule has 1 aromatic heterocycles. The van der Waals surface area contributed by atoms with Crippen molar-refractivity contribution in [3.05, 3.63) is 34.0 Å². The number of ether oxygens (including phenoxy) is 1. The predicted octanol–water partition coefficient (Wildman–Crippen LogP) is 3.37. The van der Waals surface area contributed by atoms with Gasteiger partial charge in [0.1, 0.15) is 17.0 Å². The summed E-state index contributed by atoms with van der Waals surface area (Å²) in [4.78, 5) is 11.3. The molecule has 0 aliphatic carbocycles. The summed E-state index contributed by atoms with van der Waals surface area (Å²) in [7, 11) is 1.56. The highest BCUT2D eigenvalue weighted by Gasteiger charge is 2.22. The second kappa shape index (κ2) is 5.44. The molecule has 0 saturated heterocycles. The number of hydrogen-bond acceptors (Lipinski definition) is 4. The lowest BCUT2D eigenvalue weighted by atomic mass is 10.1. The first-order chi connectivity index (χ1) is 9.08. The molecular formula is C13H12BrNO4. The van der Waals surface area contributed by atoms with E-state index in [1.165, 1.54) is 0 Å². The number of rotatable bonds is 4. The number of aromatic carboxylic acids is 1. The zero-order chi connectivity index (χ0) is 14.0. The molecule has 6 heteroatoms. The summed E-state index contributed by atoms with van der Waals surface area (Å²) in [6.07, 6.45) is 0.478. The Labute approximate surface area is 118 Å². The number of aryl methyl sites for hydroxylation is 1. The highest BCUT2D eigenvalue weighted by Crippen LogP contribution is 2.32. The lowest BCUT2D eigenvalue weighted by Crippen LogP contribution is -2.01. The predicted molar refractivity (Wildman–Crippen MR) is 72.5 cm³/mol. The summed E-state index contributed by atoms with van der Waals surface area (Å²) in [6, 6.07) is 5.24. The van der Waals surface area contributed by atoms with Crippen LogP contribution in [0.15, 0.2) is 27.2 Å². The number of carboxylic acid groups (broad SMARTS) is 1. The van der Waals surface area contributed by atoms with E-state index in [2.05, 4.69) is 21.1 Å². The second-order valence-electron chi connectivity index (χ2n) is 3.84. The molecule has 2 rings (SSSR count). The van der Waals surface area contributed by atoms with E-state index < -0.39 is 5.97 Å². The van der Waals surface area contributed by atoms with Gasteiger partial charge >= 0.3 is 5.97 Å². The minimum atomic E-state index is -1.04. The van der Waals surface area contributed by atoms with Gasteiger partial charge in [0.05, 0.1) is 11.6 Å². The fourth-order valence-corrected chi connectivity index (χ4v) is 2.34. The summed E-state index contributed by atoms with van der Waals surface area (Å²) in [5, 5.41) is 13.1. The minimum Gasteiger partial charge on any atom is -0.496 e. The van der Waals surface area contributed by atoms with Gasteiger partial charge < -0.3 is 14.4 Å². The molecular weight excluding hydrogens is 314 g/mol. The van der Waals surface area contributed by atoms with Gasteiger partial charge in [-0.05, 0) is 34.1 Å². The Hall–Kier alpha value is -1.82. The Balaban J connectivity index is 2.56. The van der Waals surface area contributed by atoms with E-state index in [4.69, 9.17) is 9.26 Å². The van der Waals surface area contributed by atoms with E-state index in [9.17, 15) is 9.90 Å². The van der Waals surface area contributed by atoms with Crippen molar-refractivity contribution in [2.75, 3.05) is 7.11 Å². The van der Waals surface area contributed by atoms with Gasteiger partial charge in [0, 0.05) is 12.0 Å². The van der Waals surface area contributed by atoms with E-state index in [-0.39, 0.29) is 5.56 Å². The molecule has 5 nitrogen and oxygen atoms in total. The highest BCUT2D eigenvalue weighted by molar-refractivity contribution is 9.10. The highest BCUT2D eigenvalue weighted by atomic mass is 79.9. The van der Waals surface area contributed by atoms with Crippen molar-refractivity contribution in [3.8, 4) is 17.0 Å². The van der Waals surface area contributed by atoms with E-state index in [0.29, 0.717) is 29.2 Å². The van der Waals surface area contributed by atoms with Gasteiger partial charge in [-0.1, -0.05) is 12.1 Å². The summed E-state index contributed by atoms with van der Waals surface area (Å²) in [5.74, 6) is -0.00526. The van der Waals surface area contributed by atoms with Crippen LogP contribution in [0.1, 0.15) is 23.0 Å².